The van der Waals surface area contributed by atoms with Gasteiger partial charge >= 0.3 is 0 Å². The van der Waals surface area contributed by atoms with E-state index in [0.29, 0.717) is 0 Å². The molecule has 0 amide bonds. The molecule has 0 unspecified atom stereocenters. The van der Waals surface area contributed by atoms with Crippen molar-refractivity contribution >= 4 is 0 Å². The van der Waals surface area contributed by atoms with Crippen molar-refractivity contribution in [2.45, 2.75) is 0 Å². The van der Waals surface area contributed by atoms with Crippen LogP contribution in [0.3, 0.4) is 0 Å². The summed E-state index contributed by atoms with van der Waals surface area (Å²) in [5, 5.41) is 0. The molecule has 0 atom stereocenters. The molecular formula is C60H38. The topological polar surface area (TPSA) is 0 Å². The van der Waals surface area contributed by atoms with Crippen LogP contribution in [0.5, 0.6) is 0 Å². The molecular weight excluding hydrogens is 721 g/mol. The quantitative estimate of drug-likeness (QED) is 0.164. The zero-order chi connectivity index (χ0) is 39.6. The molecule has 12 rings (SSSR count). The van der Waals surface area contributed by atoms with Gasteiger partial charge in [0, 0.05) is 0 Å². The average Bonchev–Trinajstić information content (AvgIpc) is 3.90. The third kappa shape index (κ3) is 5.39. The summed E-state index contributed by atoms with van der Waals surface area (Å²) in [6, 6.07) is 85.2. The number of hydrogen-bond donors (Lipinski definition) is 0. The summed E-state index contributed by atoms with van der Waals surface area (Å²) in [6.45, 7) is 0. The van der Waals surface area contributed by atoms with Crippen LogP contribution in [0.1, 0.15) is 0 Å². The average molecular weight is 759 g/mol. The van der Waals surface area contributed by atoms with E-state index in [1.165, 1.54) is 122 Å². The Labute approximate surface area is 351 Å². The van der Waals surface area contributed by atoms with Crippen LogP contribution in [0.25, 0.3) is 122 Å². The van der Waals surface area contributed by atoms with Crippen molar-refractivity contribution in [2.75, 3.05) is 0 Å². The molecule has 0 heterocycles. The molecule has 0 spiro atoms. The second-order valence-corrected chi connectivity index (χ2v) is 15.9. The molecule has 0 radical (unpaired) electrons. The Morgan fingerprint density at radius 2 is 0.400 bits per heavy atom. The normalized spacial score (nSPS) is 11.7. The van der Waals surface area contributed by atoms with Crippen molar-refractivity contribution in [2.24, 2.45) is 0 Å². The van der Waals surface area contributed by atoms with Crippen LogP contribution < -0.4 is 0 Å². The van der Waals surface area contributed by atoms with Gasteiger partial charge in [-0.3, -0.25) is 0 Å². The molecule has 0 aromatic rings. The van der Waals surface area contributed by atoms with E-state index < -0.39 is 0 Å². The molecule has 0 saturated heterocycles. The Hall–Kier alpha value is -7.80. The lowest BCUT2D eigenvalue weighted by Gasteiger charge is -2.15. The largest absolute Gasteiger partial charge is 0.0622 e. The molecule has 0 N–H and O–H groups in total. The maximum Gasteiger partial charge on any atom is -0.00195 e. The molecule has 0 aromatic heterocycles. The molecule has 278 valence electrons. The fraction of sp³-hybridized carbons (Fsp3) is 0. The van der Waals surface area contributed by atoms with E-state index in [0.717, 1.165) is 0 Å². The highest BCUT2D eigenvalue weighted by atomic mass is 14.3. The highest BCUT2D eigenvalue weighted by Gasteiger charge is 2.32. The minimum atomic E-state index is 1.22. The summed E-state index contributed by atoms with van der Waals surface area (Å²) in [5.41, 5.74) is 27.5. The highest BCUT2D eigenvalue weighted by Crippen LogP contribution is 2.59. The van der Waals surface area contributed by atoms with E-state index in [-0.39, 0.29) is 0 Å². The van der Waals surface area contributed by atoms with Crippen molar-refractivity contribution in [3.8, 4) is 122 Å². The minimum Gasteiger partial charge on any atom is -0.0622 e. The van der Waals surface area contributed by atoms with Gasteiger partial charge in [0.1, 0.15) is 0 Å². The number of hydrogen-bond acceptors (Lipinski definition) is 0. The van der Waals surface area contributed by atoms with Crippen molar-refractivity contribution in [1.82, 2.24) is 0 Å². The Kier molecular flexibility index (Phi) is 7.96. The predicted octanol–water partition coefficient (Wildman–Crippen LogP) is 16.7. The van der Waals surface area contributed by atoms with Crippen LogP contribution in [-0.4, -0.2) is 0 Å². The smallest absolute Gasteiger partial charge is 0.00195 e. The second kappa shape index (κ2) is 13.9. The molecule has 12 aliphatic rings. The van der Waals surface area contributed by atoms with Crippen molar-refractivity contribution in [3.05, 3.63) is 231 Å². The molecule has 0 nitrogen and oxygen atoms in total. The van der Waals surface area contributed by atoms with E-state index in [4.69, 9.17) is 0 Å². The van der Waals surface area contributed by atoms with Gasteiger partial charge in [-0.25, -0.2) is 0 Å². The first-order chi connectivity index (χ1) is 29.8. The Balaban J connectivity index is 1.22. The molecule has 0 aliphatic heterocycles. The zero-order valence-electron chi connectivity index (χ0n) is 32.9. The van der Waals surface area contributed by atoms with Gasteiger partial charge in [0.25, 0.3) is 0 Å². The molecule has 12 aliphatic carbocycles. The first-order valence-electron chi connectivity index (χ1n) is 20.8. The SMILES string of the molecule is c1ccc2ccc(-c3cc4cccccc-4c3-c3cc4cccccc-4c3-c3cc4cccccc-4c3-c3cc4cccccc-4c3-c3ccc4cccccc3-4)c-2cc1. The predicted molar refractivity (Wildman–Crippen MR) is 253 cm³/mol. The molecule has 0 heteroatoms. The summed E-state index contributed by atoms with van der Waals surface area (Å²) in [6.07, 6.45) is 0. The lowest BCUT2D eigenvalue weighted by molar-refractivity contribution is 1.70. The number of rotatable bonds is 5. The van der Waals surface area contributed by atoms with Crippen LogP contribution in [0.15, 0.2) is 231 Å². The molecule has 0 fully saturated rings. The summed E-state index contributed by atoms with van der Waals surface area (Å²) in [4.78, 5) is 0. The van der Waals surface area contributed by atoms with Gasteiger partial charge < -0.3 is 0 Å². The summed E-state index contributed by atoms with van der Waals surface area (Å²) in [5.74, 6) is 0. The van der Waals surface area contributed by atoms with Crippen molar-refractivity contribution in [1.29, 1.82) is 0 Å². The van der Waals surface area contributed by atoms with E-state index in [2.05, 4.69) is 231 Å². The zero-order valence-corrected chi connectivity index (χ0v) is 32.9. The lowest BCUT2D eigenvalue weighted by Crippen LogP contribution is -1.87. The fourth-order valence-electron chi connectivity index (χ4n) is 10.00. The minimum absolute atomic E-state index is 1.22. The van der Waals surface area contributed by atoms with Crippen LogP contribution in [0.2, 0.25) is 0 Å². The first-order valence-corrected chi connectivity index (χ1v) is 20.8. The molecule has 0 saturated carbocycles. The van der Waals surface area contributed by atoms with E-state index in [9.17, 15) is 0 Å². The van der Waals surface area contributed by atoms with Gasteiger partial charge in [0.15, 0.2) is 0 Å². The summed E-state index contributed by atoms with van der Waals surface area (Å²) in [7, 11) is 0. The third-order valence-electron chi connectivity index (χ3n) is 12.6. The van der Waals surface area contributed by atoms with Crippen molar-refractivity contribution < 1.29 is 0 Å². The van der Waals surface area contributed by atoms with Gasteiger partial charge in [0.2, 0.25) is 0 Å². The lowest BCUT2D eigenvalue weighted by atomic mass is 9.88. The number of fused-ring (bicyclic) bond motifs is 6. The van der Waals surface area contributed by atoms with E-state index in [1.54, 1.807) is 0 Å². The van der Waals surface area contributed by atoms with E-state index >= 15 is 0 Å². The maximum atomic E-state index is 2.46. The third-order valence-corrected chi connectivity index (χ3v) is 12.6. The highest BCUT2D eigenvalue weighted by molar-refractivity contribution is 6.16. The Morgan fingerprint density at radius 1 is 0.133 bits per heavy atom. The van der Waals surface area contributed by atoms with Crippen molar-refractivity contribution in [3.63, 3.8) is 0 Å². The summed E-state index contributed by atoms with van der Waals surface area (Å²) < 4.78 is 0. The Bertz CT molecular complexity index is 3320. The molecule has 0 aromatic carbocycles. The van der Waals surface area contributed by atoms with Crippen LogP contribution in [-0.2, 0) is 0 Å². The van der Waals surface area contributed by atoms with Gasteiger partial charge in [-0.1, -0.05) is 206 Å². The van der Waals surface area contributed by atoms with E-state index in [1.807, 2.05) is 0 Å². The Morgan fingerprint density at radius 3 is 0.800 bits per heavy atom. The monoisotopic (exact) mass is 758 g/mol. The van der Waals surface area contributed by atoms with Gasteiger partial charge in [0.05, 0.1) is 0 Å². The van der Waals surface area contributed by atoms with Crippen LogP contribution in [0.4, 0.5) is 0 Å². The van der Waals surface area contributed by atoms with Crippen LogP contribution in [0, 0.1) is 0 Å². The molecule has 60 heavy (non-hydrogen) atoms. The summed E-state index contributed by atoms with van der Waals surface area (Å²) >= 11 is 0. The standard InChI is InChI=1S/C60H38/c1-7-19-39-31-33-51(45(39)25-13-1)53-35-41-21-9-3-16-28-48(41)58(53)55-37-43-23-11-5-18-30-50(43)60(55)56-38-44-24-12-6-17-29-49(44)59(56)54-36-42-22-10-4-15-27-47(42)57(54)52-34-32-40-20-8-2-14-26-46(40)52/h1-38H. The second-order valence-electron chi connectivity index (χ2n) is 15.9. The van der Waals surface area contributed by atoms with Crippen LogP contribution >= 0.6 is 0 Å². The van der Waals surface area contributed by atoms with Gasteiger partial charge in [-0.2, -0.15) is 0 Å². The van der Waals surface area contributed by atoms with Gasteiger partial charge in [-0.15, -0.1) is 0 Å². The fourth-order valence-corrected chi connectivity index (χ4v) is 10.00. The maximum absolute atomic E-state index is 2.46. The first kappa shape index (κ1) is 34.3. The van der Waals surface area contributed by atoms with Gasteiger partial charge in [-0.05, 0) is 147 Å². The molecule has 0 bridgehead atoms.